The molecule has 0 saturated heterocycles. The molecule has 0 unspecified atom stereocenters. The van der Waals surface area contributed by atoms with Gasteiger partial charge >= 0.3 is 0 Å². The lowest BCUT2D eigenvalue weighted by Crippen LogP contribution is -2.22. The van der Waals surface area contributed by atoms with Crippen molar-refractivity contribution in [3.8, 4) is 5.88 Å². The number of anilines is 1. The van der Waals surface area contributed by atoms with Crippen LogP contribution in [0.15, 0.2) is 47.4 Å². The van der Waals surface area contributed by atoms with Crippen LogP contribution in [0.1, 0.15) is 11.1 Å². The third-order valence-corrected chi connectivity index (χ3v) is 4.17. The molecule has 0 spiro atoms. The Morgan fingerprint density at radius 2 is 2.08 bits per heavy atom. The molecule has 128 valence electrons. The molecule has 2 heterocycles. The minimum absolute atomic E-state index is 0.109. The van der Waals surface area contributed by atoms with Crippen LogP contribution in [-0.2, 0) is 4.79 Å². The SMILES string of the molecule is Cc1c(Cl)cccc1NC(=O)COc1cc(=O)n2cccc(C)c2n1. The lowest BCUT2D eigenvalue weighted by molar-refractivity contribution is -0.118. The van der Waals surface area contributed by atoms with E-state index in [2.05, 4.69) is 10.3 Å². The van der Waals surface area contributed by atoms with E-state index in [1.807, 2.05) is 19.9 Å². The van der Waals surface area contributed by atoms with Gasteiger partial charge < -0.3 is 10.1 Å². The molecule has 1 amide bonds. The quantitative estimate of drug-likeness (QED) is 0.779. The summed E-state index contributed by atoms with van der Waals surface area (Å²) in [5.41, 5.74) is 2.45. The first-order chi connectivity index (χ1) is 12.0. The summed E-state index contributed by atoms with van der Waals surface area (Å²) in [6.07, 6.45) is 1.63. The highest BCUT2D eigenvalue weighted by Crippen LogP contribution is 2.22. The Balaban J connectivity index is 1.74. The predicted octanol–water partition coefficient (Wildman–Crippen LogP) is 2.98. The second-order valence-corrected chi connectivity index (χ2v) is 5.97. The predicted molar refractivity (Wildman–Crippen MR) is 96.5 cm³/mol. The first kappa shape index (κ1) is 17.0. The highest BCUT2D eigenvalue weighted by molar-refractivity contribution is 6.31. The van der Waals surface area contributed by atoms with Crippen LogP contribution >= 0.6 is 11.6 Å². The van der Waals surface area contributed by atoms with Gasteiger partial charge in [0, 0.05) is 16.9 Å². The topological polar surface area (TPSA) is 72.7 Å². The van der Waals surface area contributed by atoms with Gasteiger partial charge in [0.05, 0.1) is 6.07 Å². The molecule has 0 bridgehead atoms. The fraction of sp³-hybridized carbons (Fsp3) is 0.167. The monoisotopic (exact) mass is 357 g/mol. The van der Waals surface area contributed by atoms with E-state index in [0.29, 0.717) is 16.4 Å². The number of aryl methyl sites for hydroxylation is 1. The van der Waals surface area contributed by atoms with Crippen LogP contribution in [0.4, 0.5) is 5.69 Å². The van der Waals surface area contributed by atoms with Crippen molar-refractivity contribution in [2.75, 3.05) is 11.9 Å². The van der Waals surface area contributed by atoms with Crippen LogP contribution < -0.4 is 15.6 Å². The number of benzene rings is 1. The van der Waals surface area contributed by atoms with E-state index in [9.17, 15) is 9.59 Å². The van der Waals surface area contributed by atoms with E-state index in [4.69, 9.17) is 16.3 Å². The zero-order chi connectivity index (χ0) is 18.0. The number of pyridine rings is 1. The van der Waals surface area contributed by atoms with Gasteiger partial charge in [-0.2, -0.15) is 4.98 Å². The van der Waals surface area contributed by atoms with Gasteiger partial charge in [0.1, 0.15) is 5.65 Å². The first-order valence-electron chi connectivity index (χ1n) is 7.62. The van der Waals surface area contributed by atoms with E-state index in [0.717, 1.165) is 11.1 Å². The molecule has 0 aliphatic carbocycles. The number of carbonyl (C=O) groups excluding carboxylic acids is 1. The fourth-order valence-electron chi connectivity index (χ4n) is 2.38. The molecule has 1 N–H and O–H groups in total. The molecule has 0 atom stereocenters. The number of amides is 1. The standard InChI is InChI=1S/C18H16ClN3O3/c1-11-5-4-8-22-17(24)9-16(21-18(11)22)25-10-15(23)20-14-7-3-6-13(19)12(14)2/h3-9H,10H2,1-2H3,(H,20,23). The maximum Gasteiger partial charge on any atom is 0.262 e. The summed E-state index contributed by atoms with van der Waals surface area (Å²) in [4.78, 5) is 28.5. The maximum absolute atomic E-state index is 12.1. The van der Waals surface area contributed by atoms with Crippen molar-refractivity contribution in [2.24, 2.45) is 0 Å². The van der Waals surface area contributed by atoms with Gasteiger partial charge in [0.15, 0.2) is 6.61 Å². The molecule has 0 saturated carbocycles. The molecule has 3 aromatic rings. The van der Waals surface area contributed by atoms with Crippen molar-refractivity contribution in [1.29, 1.82) is 0 Å². The molecule has 2 aromatic heterocycles. The van der Waals surface area contributed by atoms with Crippen molar-refractivity contribution in [3.63, 3.8) is 0 Å². The number of hydrogen-bond donors (Lipinski definition) is 1. The molecule has 3 rings (SSSR count). The zero-order valence-electron chi connectivity index (χ0n) is 13.7. The Bertz CT molecular complexity index is 1010. The second-order valence-electron chi connectivity index (χ2n) is 5.57. The summed E-state index contributed by atoms with van der Waals surface area (Å²) in [6, 6.07) is 10.1. The average molecular weight is 358 g/mol. The molecular formula is C18H16ClN3O3. The number of ether oxygens (including phenoxy) is 1. The van der Waals surface area contributed by atoms with Crippen LogP contribution in [0.5, 0.6) is 5.88 Å². The van der Waals surface area contributed by atoms with Gasteiger partial charge in [-0.05, 0) is 43.2 Å². The summed E-state index contributed by atoms with van der Waals surface area (Å²) in [6.45, 7) is 3.40. The van der Waals surface area contributed by atoms with Gasteiger partial charge in [0.2, 0.25) is 5.88 Å². The van der Waals surface area contributed by atoms with E-state index in [1.54, 1.807) is 30.5 Å². The van der Waals surface area contributed by atoms with Gasteiger partial charge in [0.25, 0.3) is 11.5 Å². The first-order valence-corrected chi connectivity index (χ1v) is 8.00. The van der Waals surface area contributed by atoms with Gasteiger partial charge in [-0.1, -0.05) is 23.7 Å². The van der Waals surface area contributed by atoms with Gasteiger partial charge in [-0.25, -0.2) is 0 Å². The van der Waals surface area contributed by atoms with Crippen LogP contribution in [-0.4, -0.2) is 21.9 Å². The van der Waals surface area contributed by atoms with Gasteiger partial charge in [-0.3, -0.25) is 14.0 Å². The van der Waals surface area contributed by atoms with Crippen LogP contribution in [0.2, 0.25) is 5.02 Å². The Labute approximate surface area is 149 Å². The number of hydrogen-bond acceptors (Lipinski definition) is 4. The number of carbonyl (C=O) groups is 1. The largest absolute Gasteiger partial charge is 0.467 e. The molecule has 0 aliphatic rings. The zero-order valence-corrected chi connectivity index (χ0v) is 14.5. The molecule has 6 nitrogen and oxygen atoms in total. The fourth-order valence-corrected chi connectivity index (χ4v) is 2.56. The highest BCUT2D eigenvalue weighted by atomic mass is 35.5. The second kappa shape index (κ2) is 6.94. The smallest absolute Gasteiger partial charge is 0.262 e. The molecule has 7 heteroatoms. The third-order valence-electron chi connectivity index (χ3n) is 3.76. The van der Waals surface area contributed by atoms with E-state index in [1.165, 1.54) is 10.5 Å². The Morgan fingerprint density at radius 1 is 1.28 bits per heavy atom. The summed E-state index contributed by atoms with van der Waals surface area (Å²) in [7, 11) is 0. The van der Waals surface area contributed by atoms with Crippen LogP contribution in [0, 0.1) is 13.8 Å². The minimum atomic E-state index is -0.364. The third kappa shape index (κ3) is 3.64. The maximum atomic E-state index is 12.1. The molecular weight excluding hydrogens is 342 g/mol. The van der Waals surface area contributed by atoms with E-state index < -0.39 is 0 Å². The Kier molecular flexibility index (Phi) is 4.72. The lowest BCUT2D eigenvalue weighted by atomic mass is 10.2. The number of nitrogens with zero attached hydrogens (tertiary/aromatic N) is 2. The lowest BCUT2D eigenvalue weighted by Gasteiger charge is -2.10. The van der Waals surface area contributed by atoms with E-state index in [-0.39, 0.29) is 24.0 Å². The van der Waals surface area contributed by atoms with Crippen molar-refractivity contribution in [1.82, 2.24) is 9.38 Å². The number of fused-ring (bicyclic) bond motifs is 1. The van der Waals surface area contributed by atoms with Crippen LogP contribution in [0.25, 0.3) is 5.65 Å². The summed E-state index contributed by atoms with van der Waals surface area (Å²) in [5.74, 6) is -0.255. The van der Waals surface area contributed by atoms with Crippen LogP contribution in [0.3, 0.4) is 0 Å². The number of aromatic nitrogens is 2. The highest BCUT2D eigenvalue weighted by Gasteiger charge is 2.10. The molecule has 0 radical (unpaired) electrons. The van der Waals surface area contributed by atoms with Crippen molar-refractivity contribution in [2.45, 2.75) is 13.8 Å². The van der Waals surface area contributed by atoms with Crippen molar-refractivity contribution < 1.29 is 9.53 Å². The number of nitrogens with one attached hydrogen (secondary N) is 1. The van der Waals surface area contributed by atoms with Gasteiger partial charge in [-0.15, -0.1) is 0 Å². The Hall–Kier alpha value is -2.86. The van der Waals surface area contributed by atoms with Crippen molar-refractivity contribution in [3.05, 3.63) is 69.1 Å². The molecule has 1 aromatic carbocycles. The normalized spacial score (nSPS) is 10.7. The van der Waals surface area contributed by atoms with E-state index >= 15 is 0 Å². The summed E-state index contributed by atoms with van der Waals surface area (Å²) >= 11 is 6.03. The summed E-state index contributed by atoms with van der Waals surface area (Å²) in [5, 5.41) is 3.29. The number of rotatable bonds is 4. The average Bonchev–Trinajstić information content (AvgIpc) is 2.58. The molecule has 25 heavy (non-hydrogen) atoms. The molecule has 0 aliphatic heterocycles. The number of halogens is 1. The Morgan fingerprint density at radius 3 is 2.88 bits per heavy atom. The van der Waals surface area contributed by atoms with Crippen molar-refractivity contribution >= 4 is 28.8 Å². The minimum Gasteiger partial charge on any atom is -0.467 e. The summed E-state index contributed by atoms with van der Waals surface area (Å²) < 4.78 is 6.81. The molecule has 0 fully saturated rings.